The molecule has 2 heterocycles. The van der Waals surface area contributed by atoms with E-state index in [1.165, 1.54) is 11.8 Å². The monoisotopic (exact) mass is 347 g/mol. The quantitative estimate of drug-likeness (QED) is 0.657. The molecule has 1 aromatic heterocycles. The van der Waals surface area contributed by atoms with E-state index in [0.717, 1.165) is 39.6 Å². The SMILES string of the molecule is Cc1ccc(C)c(NC(=O)CSc2nc3c(c(=O)[nH]2)CSC3)c1. The van der Waals surface area contributed by atoms with E-state index in [4.69, 9.17) is 0 Å². The standard InChI is InChI=1S/C16H17N3O2S2/c1-9-3-4-10(2)12(5-9)17-14(20)8-23-16-18-13-7-22-6-11(13)15(21)19-16/h3-5H,6-8H2,1-2H3,(H,17,20)(H,18,19,21). The van der Waals surface area contributed by atoms with E-state index >= 15 is 0 Å². The summed E-state index contributed by atoms with van der Waals surface area (Å²) in [6.07, 6.45) is 0. The van der Waals surface area contributed by atoms with E-state index in [1.54, 1.807) is 11.8 Å². The molecule has 1 aliphatic rings. The maximum absolute atomic E-state index is 12.1. The van der Waals surface area contributed by atoms with Gasteiger partial charge in [0.1, 0.15) is 0 Å². The minimum Gasteiger partial charge on any atom is -0.325 e. The third-order valence-electron chi connectivity index (χ3n) is 3.57. The van der Waals surface area contributed by atoms with Crippen LogP contribution in [0.3, 0.4) is 0 Å². The molecule has 0 saturated heterocycles. The molecule has 1 amide bonds. The Hall–Kier alpha value is -1.73. The Morgan fingerprint density at radius 1 is 1.39 bits per heavy atom. The predicted molar refractivity (Wildman–Crippen MR) is 95.1 cm³/mol. The second-order valence-corrected chi connectivity index (χ2v) is 7.39. The first-order chi connectivity index (χ1) is 11.0. The summed E-state index contributed by atoms with van der Waals surface area (Å²) in [5.41, 5.74) is 4.46. The fraction of sp³-hybridized carbons (Fsp3) is 0.312. The molecule has 1 aliphatic heterocycles. The van der Waals surface area contributed by atoms with Crippen LogP contribution in [0.1, 0.15) is 22.4 Å². The maximum Gasteiger partial charge on any atom is 0.255 e. The molecule has 0 fully saturated rings. The summed E-state index contributed by atoms with van der Waals surface area (Å²) < 4.78 is 0. The van der Waals surface area contributed by atoms with Gasteiger partial charge in [-0.25, -0.2) is 4.98 Å². The molecule has 23 heavy (non-hydrogen) atoms. The Labute approximate surface area is 142 Å². The summed E-state index contributed by atoms with van der Waals surface area (Å²) in [4.78, 5) is 31.2. The normalized spacial score (nSPS) is 13.0. The number of H-pyrrole nitrogens is 1. The maximum atomic E-state index is 12.1. The summed E-state index contributed by atoms with van der Waals surface area (Å²) >= 11 is 2.93. The number of hydrogen-bond acceptors (Lipinski definition) is 5. The summed E-state index contributed by atoms with van der Waals surface area (Å²) in [7, 11) is 0. The van der Waals surface area contributed by atoms with Crippen molar-refractivity contribution < 1.29 is 4.79 Å². The molecule has 3 rings (SSSR count). The number of hydrogen-bond donors (Lipinski definition) is 2. The molecule has 2 aromatic rings. The van der Waals surface area contributed by atoms with Gasteiger partial charge in [0.15, 0.2) is 5.16 Å². The van der Waals surface area contributed by atoms with Crippen LogP contribution in [-0.4, -0.2) is 21.6 Å². The van der Waals surface area contributed by atoms with Gasteiger partial charge < -0.3 is 10.3 Å². The highest BCUT2D eigenvalue weighted by Crippen LogP contribution is 2.26. The lowest BCUT2D eigenvalue weighted by molar-refractivity contribution is -0.113. The summed E-state index contributed by atoms with van der Waals surface area (Å²) in [5, 5.41) is 3.41. The van der Waals surface area contributed by atoms with Crippen molar-refractivity contribution in [1.82, 2.24) is 9.97 Å². The Bertz CT molecular complexity index is 817. The summed E-state index contributed by atoms with van der Waals surface area (Å²) in [6.45, 7) is 3.94. The number of nitrogens with zero attached hydrogens (tertiary/aromatic N) is 1. The lowest BCUT2D eigenvalue weighted by Gasteiger charge is -2.09. The zero-order valence-electron chi connectivity index (χ0n) is 12.9. The third-order valence-corrected chi connectivity index (χ3v) is 5.42. The Morgan fingerprint density at radius 3 is 3.04 bits per heavy atom. The number of benzene rings is 1. The first-order valence-corrected chi connectivity index (χ1v) is 9.36. The second kappa shape index (κ2) is 6.80. The number of carbonyl (C=O) groups excluding carboxylic acids is 1. The zero-order valence-corrected chi connectivity index (χ0v) is 14.6. The van der Waals surface area contributed by atoms with Crippen molar-refractivity contribution in [2.45, 2.75) is 30.5 Å². The van der Waals surface area contributed by atoms with Gasteiger partial charge in [0.05, 0.1) is 11.4 Å². The van der Waals surface area contributed by atoms with Gasteiger partial charge in [-0.15, -0.1) is 0 Å². The molecule has 120 valence electrons. The minimum atomic E-state index is -0.110. The number of anilines is 1. The van der Waals surface area contributed by atoms with E-state index in [2.05, 4.69) is 15.3 Å². The molecule has 0 spiro atoms. The molecule has 2 N–H and O–H groups in total. The van der Waals surface area contributed by atoms with Gasteiger partial charge in [0, 0.05) is 22.8 Å². The average Bonchev–Trinajstić information content (AvgIpc) is 2.98. The van der Waals surface area contributed by atoms with Gasteiger partial charge in [0.2, 0.25) is 5.91 Å². The number of amides is 1. The van der Waals surface area contributed by atoms with Gasteiger partial charge in [-0.1, -0.05) is 23.9 Å². The number of fused-ring (bicyclic) bond motifs is 1. The number of carbonyl (C=O) groups is 1. The van der Waals surface area contributed by atoms with Crippen molar-refractivity contribution in [3.05, 3.63) is 50.9 Å². The van der Waals surface area contributed by atoms with Crippen LogP contribution >= 0.6 is 23.5 Å². The van der Waals surface area contributed by atoms with Crippen LogP contribution in [0.15, 0.2) is 28.2 Å². The largest absolute Gasteiger partial charge is 0.325 e. The molecule has 0 radical (unpaired) electrons. The minimum absolute atomic E-state index is 0.0857. The van der Waals surface area contributed by atoms with Crippen molar-refractivity contribution in [2.24, 2.45) is 0 Å². The first kappa shape index (κ1) is 16.1. The second-order valence-electron chi connectivity index (χ2n) is 5.44. The van der Waals surface area contributed by atoms with Crippen molar-refractivity contribution in [2.75, 3.05) is 11.1 Å². The van der Waals surface area contributed by atoms with Crippen LogP contribution < -0.4 is 10.9 Å². The molecule has 7 heteroatoms. The number of aryl methyl sites for hydroxylation is 2. The Balaban J connectivity index is 1.64. The zero-order chi connectivity index (χ0) is 16.4. The fourth-order valence-corrected chi connectivity index (χ4v) is 4.01. The van der Waals surface area contributed by atoms with Crippen molar-refractivity contribution in [1.29, 1.82) is 0 Å². The first-order valence-electron chi connectivity index (χ1n) is 7.22. The van der Waals surface area contributed by atoms with Crippen LogP contribution in [0, 0.1) is 13.8 Å². The van der Waals surface area contributed by atoms with Gasteiger partial charge in [-0.05, 0) is 31.0 Å². The van der Waals surface area contributed by atoms with Crippen molar-refractivity contribution in [3.8, 4) is 0 Å². The summed E-state index contributed by atoms with van der Waals surface area (Å²) in [5.74, 6) is 1.58. The van der Waals surface area contributed by atoms with E-state index in [0.29, 0.717) is 5.16 Å². The van der Waals surface area contributed by atoms with Crippen LogP contribution in [0.2, 0.25) is 0 Å². The van der Waals surface area contributed by atoms with E-state index in [-0.39, 0.29) is 17.2 Å². The van der Waals surface area contributed by atoms with Crippen LogP contribution in [0.25, 0.3) is 0 Å². The van der Waals surface area contributed by atoms with E-state index < -0.39 is 0 Å². The van der Waals surface area contributed by atoms with Gasteiger partial charge in [0.25, 0.3) is 5.56 Å². The number of thioether (sulfide) groups is 2. The third kappa shape index (κ3) is 3.79. The average molecular weight is 347 g/mol. The van der Waals surface area contributed by atoms with Gasteiger partial charge in [-0.2, -0.15) is 11.8 Å². The molecule has 5 nitrogen and oxygen atoms in total. The van der Waals surface area contributed by atoms with Crippen LogP contribution in [0.5, 0.6) is 0 Å². The highest BCUT2D eigenvalue weighted by molar-refractivity contribution is 7.99. The Morgan fingerprint density at radius 2 is 2.22 bits per heavy atom. The van der Waals surface area contributed by atoms with E-state index in [1.807, 2.05) is 32.0 Å². The molecular weight excluding hydrogens is 330 g/mol. The highest BCUT2D eigenvalue weighted by Gasteiger charge is 2.18. The molecule has 0 bridgehead atoms. The molecule has 0 unspecified atom stereocenters. The molecule has 0 atom stereocenters. The lowest BCUT2D eigenvalue weighted by atomic mass is 10.1. The number of aromatic amines is 1. The topological polar surface area (TPSA) is 74.8 Å². The van der Waals surface area contributed by atoms with Gasteiger partial charge in [-0.3, -0.25) is 9.59 Å². The van der Waals surface area contributed by atoms with E-state index in [9.17, 15) is 9.59 Å². The molecular formula is C16H17N3O2S2. The molecule has 0 aliphatic carbocycles. The Kier molecular flexibility index (Phi) is 4.77. The highest BCUT2D eigenvalue weighted by atomic mass is 32.2. The number of aromatic nitrogens is 2. The van der Waals surface area contributed by atoms with Gasteiger partial charge >= 0.3 is 0 Å². The lowest BCUT2D eigenvalue weighted by Crippen LogP contribution is -2.18. The number of rotatable bonds is 4. The van der Waals surface area contributed by atoms with Crippen LogP contribution in [-0.2, 0) is 16.3 Å². The molecule has 1 aromatic carbocycles. The smallest absolute Gasteiger partial charge is 0.255 e. The molecule has 0 saturated carbocycles. The van der Waals surface area contributed by atoms with Crippen molar-refractivity contribution in [3.63, 3.8) is 0 Å². The fourth-order valence-electron chi connectivity index (χ4n) is 2.30. The van der Waals surface area contributed by atoms with Crippen molar-refractivity contribution >= 4 is 35.1 Å². The summed E-state index contributed by atoms with van der Waals surface area (Å²) in [6, 6.07) is 5.94. The number of nitrogens with one attached hydrogen (secondary N) is 2. The van der Waals surface area contributed by atoms with Crippen LogP contribution in [0.4, 0.5) is 5.69 Å². The predicted octanol–water partition coefficient (Wildman–Crippen LogP) is 2.86.